The predicted octanol–water partition coefficient (Wildman–Crippen LogP) is -0.689. The van der Waals surface area contributed by atoms with Gasteiger partial charge in [-0.05, 0) is 20.0 Å². The van der Waals surface area contributed by atoms with Crippen molar-refractivity contribution in [3.8, 4) is 0 Å². The molecule has 0 amide bonds. The highest BCUT2D eigenvalue weighted by atomic mass is 16.1. The van der Waals surface area contributed by atoms with Gasteiger partial charge in [-0.25, -0.2) is 4.98 Å². The zero-order valence-electron chi connectivity index (χ0n) is 9.03. The van der Waals surface area contributed by atoms with Crippen LogP contribution in [0.25, 0.3) is 11.2 Å². The SMILES string of the molecule is CNCCCn1cnc2c(=O)[nH]c(N)nc21. The fraction of sp³-hybridized carbons (Fsp3) is 0.444. The van der Waals surface area contributed by atoms with E-state index in [1.807, 2.05) is 11.6 Å². The number of aromatic amines is 1. The Kier molecular flexibility index (Phi) is 2.86. The fourth-order valence-electron chi connectivity index (χ4n) is 1.56. The van der Waals surface area contributed by atoms with Gasteiger partial charge in [-0.1, -0.05) is 0 Å². The van der Waals surface area contributed by atoms with E-state index >= 15 is 0 Å². The molecule has 0 bridgehead atoms. The number of nitrogens with two attached hydrogens (primary N) is 1. The first-order valence-corrected chi connectivity index (χ1v) is 5.07. The maximum atomic E-state index is 11.5. The van der Waals surface area contributed by atoms with Crippen molar-refractivity contribution in [3.63, 3.8) is 0 Å². The molecule has 0 saturated carbocycles. The highest BCUT2D eigenvalue weighted by Gasteiger charge is 2.08. The second-order valence-electron chi connectivity index (χ2n) is 3.52. The lowest BCUT2D eigenvalue weighted by Gasteiger charge is -2.02. The molecule has 0 aliphatic carbocycles. The van der Waals surface area contributed by atoms with Crippen LogP contribution in [0.15, 0.2) is 11.1 Å². The van der Waals surface area contributed by atoms with Crippen LogP contribution in [0.3, 0.4) is 0 Å². The van der Waals surface area contributed by atoms with E-state index in [0.29, 0.717) is 11.2 Å². The van der Waals surface area contributed by atoms with Crippen molar-refractivity contribution >= 4 is 17.1 Å². The Balaban J connectivity index is 2.36. The zero-order valence-corrected chi connectivity index (χ0v) is 9.03. The van der Waals surface area contributed by atoms with Crippen molar-refractivity contribution in [2.45, 2.75) is 13.0 Å². The Morgan fingerprint density at radius 3 is 3.19 bits per heavy atom. The van der Waals surface area contributed by atoms with Gasteiger partial charge in [0, 0.05) is 6.54 Å². The quantitative estimate of drug-likeness (QED) is 0.594. The topological polar surface area (TPSA) is 102 Å². The number of nitrogen functional groups attached to an aromatic ring is 1. The molecule has 2 aromatic rings. The third-order valence-electron chi connectivity index (χ3n) is 2.32. The third-order valence-corrected chi connectivity index (χ3v) is 2.32. The van der Waals surface area contributed by atoms with E-state index in [2.05, 4.69) is 20.3 Å². The lowest BCUT2D eigenvalue weighted by atomic mass is 10.4. The van der Waals surface area contributed by atoms with Gasteiger partial charge in [0.15, 0.2) is 11.2 Å². The number of rotatable bonds is 4. The standard InChI is InChI=1S/C9H14N6O/c1-11-3-2-4-15-5-12-6-7(15)13-9(10)14-8(6)16/h5,11H,2-4H2,1H3,(H3,10,13,14,16). The second-order valence-corrected chi connectivity index (χ2v) is 3.52. The van der Waals surface area contributed by atoms with Crippen molar-refractivity contribution < 1.29 is 0 Å². The number of hydrogen-bond donors (Lipinski definition) is 3. The molecule has 0 radical (unpaired) electrons. The highest BCUT2D eigenvalue weighted by Crippen LogP contribution is 2.06. The normalized spacial score (nSPS) is 11.1. The van der Waals surface area contributed by atoms with E-state index in [1.165, 1.54) is 0 Å². The summed E-state index contributed by atoms with van der Waals surface area (Å²) >= 11 is 0. The van der Waals surface area contributed by atoms with Crippen LogP contribution in [-0.4, -0.2) is 33.1 Å². The second kappa shape index (κ2) is 4.31. The number of fused-ring (bicyclic) bond motifs is 1. The molecule has 0 unspecified atom stereocenters. The van der Waals surface area contributed by atoms with Gasteiger partial charge in [-0.15, -0.1) is 0 Å². The highest BCUT2D eigenvalue weighted by molar-refractivity contribution is 5.70. The molecule has 0 aliphatic rings. The first-order chi connectivity index (χ1) is 7.72. The molecule has 2 aromatic heterocycles. The molecule has 0 aliphatic heterocycles. The lowest BCUT2D eigenvalue weighted by Crippen LogP contribution is -2.13. The minimum Gasteiger partial charge on any atom is -0.369 e. The van der Waals surface area contributed by atoms with Crippen LogP contribution in [0.5, 0.6) is 0 Å². The molecule has 2 rings (SSSR count). The van der Waals surface area contributed by atoms with Crippen LogP contribution in [0.4, 0.5) is 5.95 Å². The molecule has 0 aromatic carbocycles. The monoisotopic (exact) mass is 222 g/mol. The molecule has 0 saturated heterocycles. The van der Waals surface area contributed by atoms with E-state index in [9.17, 15) is 4.79 Å². The Morgan fingerprint density at radius 1 is 1.62 bits per heavy atom. The number of hydrogen-bond acceptors (Lipinski definition) is 5. The Morgan fingerprint density at radius 2 is 2.44 bits per heavy atom. The summed E-state index contributed by atoms with van der Waals surface area (Å²) in [6.45, 7) is 1.66. The van der Waals surface area contributed by atoms with Gasteiger partial charge in [0.25, 0.3) is 5.56 Å². The predicted molar refractivity (Wildman–Crippen MR) is 61.1 cm³/mol. The Hall–Kier alpha value is -1.89. The fourth-order valence-corrected chi connectivity index (χ4v) is 1.56. The summed E-state index contributed by atoms with van der Waals surface area (Å²) in [5, 5.41) is 3.05. The largest absolute Gasteiger partial charge is 0.369 e. The number of imidazole rings is 1. The Bertz CT molecular complexity index is 542. The number of nitrogens with one attached hydrogen (secondary N) is 2. The summed E-state index contributed by atoms with van der Waals surface area (Å²) in [5.41, 5.74) is 6.06. The molecular weight excluding hydrogens is 208 g/mol. The summed E-state index contributed by atoms with van der Waals surface area (Å²) in [7, 11) is 1.90. The number of aromatic nitrogens is 4. The summed E-state index contributed by atoms with van der Waals surface area (Å²) in [6, 6.07) is 0. The van der Waals surface area contributed by atoms with Crippen molar-refractivity contribution in [2.75, 3.05) is 19.3 Å². The molecule has 0 fully saturated rings. The van der Waals surface area contributed by atoms with E-state index in [-0.39, 0.29) is 11.5 Å². The molecule has 86 valence electrons. The molecular formula is C9H14N6O. The maximum Gasteiger partial charge on any atom is 0.280 e. The van der Waals surface area contributed by atoms with E-state index < -0.39 is 0 Å². The molecule has 7 heteroatoms. The first kappa shape index (κ1) is 10.6. The zero-order chi connectivity index (χ0) is 11.5. The van der Waals surface area contributed by atoms with E-state index in [4.69, 9.17) is 5.73 Å². The maximum absolute atomic E-state index is 11.5. The first-order valence-electron chi connectivity index (χ1n) is 5.07. The van der Waals surface area contributed by atoms with E-state index in [0.717, 1.165) is 19.5 Å². The minimum absolute atomic E-state index is 0.118. The van der Waals surface area contributed by atoms with Gasteiger partial charge in [-0.3, -0.25) is 9.78 Å². The van der Waals surface area contributed by atoms with Gasteiger partial charge in [0.1, 0.15) is 0 Å². The summed E-state index contributed by atoms with van der Waals surface area (Å²) in [5.74, 6) is 0.118. The third kappa shape index (κ3) is 1.89. The molecule has 2 heterocycles. The van der Waals surface area contributed by atoms with Crippen LogP contribution < -0.4 is 16.6 Å². The van der Waals surface area contributed by atoms with Crippen molar-refractivity contribution in [1.82, 2.24) is 24.8 Å². The van der Waals surface area contributed by atoms with Crippen LogP contribution in [0, 0.1) is 0 Å². The molecule has 0 spiro atoms. The van der Waals surface area contributed by atoms with Crippen LogP contribution in [0.1, 0.15) is 6.42 Å². The van der Waals surface area contributed by atoms with Crippen LogP contribution in [-0.2, 0) is 6.54 Å². The summed E-state index contributed by atoms with van der Waals surface area (Å²) in [4.78, 5) is 22.0. The van der Waals surface area contributed by atoms with Gasteiger partial charge in [0.05, 0.1) is 6.33 Å². The smallest absolute Gasteiger partial charge is 0.280 e. The minimum atomic E-state index is -0.296. The number of nitrogens with zero attached hydrogens (tertiary/aromatic N) is 3. The number of H-pyrrole nitrogens is 1. The summed E-state index contributed by atoms with van der Waals surface area (Å²) < 4.78 is 1.83. The van der Waals surface area contributed by atoms with Gasteiger partial charge in [0.2, 0.25) is 5.95 Å². The van der Waals surface area contributed by atoms with Gasteiger partial charge >= 0.3 is 0 Å². The lowest BCUT2D eigenvalue weighted by molar-refractivity contribution is 0.621. The van der Waals surface area contributed by atoms with Gasteiger partial charge in [-0.2, -0.15) is 4.98 Å². The average molecular weight is 222 g/mol. The van der Waals surface area contributed by atoms with Crippen LogP contribution in [0.2, 0.25) is 0 Å². The molecule has 16 heavy (non-hydrogen) atoms. The molecule has 0 atom stereocenters. The Labute approximate surface area is 91.7 Å². The molecule has 7 nitrogen and oxygen atoms in total. The summed E-state index contributed by atoms with van der Waals surface area (Å²) in [6.07, 6.45) is 2.55. The van der Waals surface area contributed by atoms with Crippen molar-refractivity contribution in [3.05, 3.63) is 16.7 Å². The van der Waals surface area contributed by atoms with E-state index in [1.54, 1.807) is 6.33 Å². The van der Waals surface area contributed by atoms with Crippen molar-refractivity contribution in [2.24, 2.45) is 0 Å². The van der Waals surface area contributed by atoms with Gasteiger partial charge < -0.3 is 15.6 Å². The molecule has 4 N–H and O–H groups in total. The number of aryl methyl sites for hydroxylation is 1. The number of anilines is 1. The van der Waals surface area contributed by atoms with Crippen LogP contribution >= 0.6 is 0 Å². The average Bonchev–Trinajstić information content (AvgIpc) is 2.62. The van der Waals surface area contributed by atoms with Crippen molar-refractivity contribution in [1.29, 1.82) is 0 Å².